The Labute approximate surface area is 129 Å². The highest BCUT2D eigenvalue weighted by Crippen LogP contribution is 2.50. The standard InChI is InChI=1S/C18H31N3/c1-6-16-20-14-11-19-8-7-15(14)21(16)13-9-17(2,3)12-18(4,5)10-13/h13,19H,6-12H2,1-5H3. The summed E-state index contributed by atoms with van der Waals surface area (Å²) in [5, 5.41) is 3.47. The number of aromatic nitrogens is 2. The highest BCUT2D eigenvalue weighted by molar-refractivity contribution is 5.22. The van der Waals surface area contributed by atoms with Crippen LogP contribution < -0.4 is 5.32 Å². The molecule has 0 amide bonds. The van der Waals surface area contributed by atoms with E-state index in [0.29, 0.717) is 16.9 Å². The highest BCUT2D eigenvalue weighted by Gasteiger charge is 2.40. The van der Waals surface area contributed by atoms with Gasteiger partial charge in [0.25, 0.3) is 0 Å². The first-order valence-electron chi connectivity index (χ1n) is 8.61. The fourth-order valence-electron chi connectivity index (χ4n) is 5.04. The minimum Gasteiger partial charge on any atom is -0.329 e. The van der Waals surface area contributed by atoms with Crippen LogP contribution in [-0.2, 0) is 19.4 Å². The number of nitrogens with zero attached hydrogens (tertiary/aromatic N) is 2. The lowest BCUT2D eigenvalue weighted by molar-refractivity contribution is 0.0700. The first kappa shape index (κ1) is 15.1. The number of rotatable bonds is 2. The third kappa shape index (κ3) is 2.90. The van der Waals surface area contributed by atoms with Gasteiger partial charge in [-0.05, 0) is 30.1 Å². The number of fused-ring (bicyclic) bond motifs is 1. The van der Waals surface area contributed by atoms with Crippen LogP contribution in [0, 0.1) is 10.8 Å². The van der Waals surface area contributed by atoms with Crippen LogP contribution in [0.2, 0.25) is 0 Å². The van der Waals surface area contributed by atoms with Crippen molar-refractivity contribution in [1.29, 1.82) is 0 Å². The topological polar surface area (TPSA) is 29.9 Å². The molecule has 0 unspecified atom stereocenters. The molecule has 1 fully saturated rings. The number of imidazole rings is 1. The minimum atomic E-state index is 0.432. The number of aryl methyl sites for hydroxylation is 1. The molecule has 0 bridgehead atoms. The fourth-order valence-corrected chi connectivity index (χ4v) is 5.04. The SMILES string of the molecule is CCc1nc2c(n1C1CC(C)(C)CC(C)(C)C1)CCNC2. The molecule has 0 aromatic carbocycles. The van der Waals surface area contributed by atoms with Crippen molar-refractivity contribution in [2.24, 2.45) is 10.8 Å². The molecule has 1 aromatic rings. The van der Waals surface area contributed by atoms with Crippen molar-refractivity contribution in [2.45, 2.75) is 79.3 Å². The van der Waals surface area contributed by atoms with Gasteiger partial charge in [0.1, 0.15) is 5.82 Å². The third-order valence-corrected chi connectivity index (χ3v) is 5.21. The van der Waals surface area contributed by atoms with E-state index in [2.05, 4.69) is 44.5 Å². The molecule has 21 heavy (non-hydrogen) atoms. The van der Waals surface area contributed by atoms with Gasteiger partial charge in [0.15, 0.2) is 0 Å². The van der Waals surface area contributed by atoms with E-state index < -0.39 is 0 Å². The minimum absolute atomic E-state index is 0.432. The Bertz CT molecular complexity index is 509. The quantitative estimate of drug-likeness (QED) is 0.895. The van der Waals surface area contributed by atoms with E-state index in [1.54, 1.807) is 0 Å². The van der Waals surface area contributed by atoms with E-state index >= 15 is 0 Å². The maximum Gasteiger partial charge on any atom is 0.109 e. The summed E-state index contributed by atoms with van der Waals surface area (Å²) in [6.07, 6.45) is 6.10. The lowest BCUT2D eigenvalue weighted by Gasteiger charge is -2.46. The molecule has 2 aliphatic rings. The summed E-state index contributed by atoms with van der Waals surface area (Å²) in [5.41, 5.74) is 3.69. The third-order valence-electron chi connectivity index (χ3n) is 5.21. The van der Waals surface area contributed by atoms with Gasteiger partial charge in [-0.15, -0.1) is 0 Å². The Hall–Kier alpha value is -0.830. The molecule has 0 saturated heterocycles. The number of nitrogens with one attached hydrogen (secondary N) is 1. The van der Waals surface area contributed by atoms with Crippen LogP contribution in [0.25, 0.3) is 0 Å². The second-order valence-electron chi connectivity index (χ2n) is 8.64. The summed E-state index contributed by atoms with van der Waals surface area (Å²) in [5.74, 6) is 1.31. The van der Waals surface area contributed by atoms with Crippen molar-refractivity contribution in [2.75, 3.05) is 6.54 Å². The molecule has 0 atom stereocenters. The van der Waals surface area contributed by atoms with E-state index in [4.69, 9.17) is 4.98 Å². The van der Waals surface area contributed by atoms with Crippen molar-refractivity contribution in [3.8, 4) is 0 Å². The summed E-state index contributed by atoms with van der Waals surface area (Å²) < 4.78 is 2.64. The summed E-state index contributed by atoms with van der Waals surface area (Å²) in [6, 6.07) is 0.632. The molecule has 1 aromatic heterocycles. The molecule has 2 heterocycles. The van der Waals surface area contributed by atoms with Crippen molar-refractivity contribution in [3.63, 3.8) is 0 Å². The van der Waals surface area contributed by atoms with Gasteiger partial charge in [-0.3, -0.25) is 0 Å². The summed E-state index contributed by atoms with van der Waals surface area (Å²) >= 11 is 0. The number of hydrogen-bond acceptors (Lipinski definition) is 2. The summed E-state index contributed by atoms with van der Waals surface area (Å²) in [4.78, 5) is 4.94. The predicted molar refractivity (Wildman–Crippen MR) is 87.5 cm³/mol. The van der Waals surface area contributed by atoms with Gasteiger partial charge in [-0.1, -0.05) is 34.6 Å². The first-order chi connectivity index (χ1) is 9.81. The van der Waals surface area contributed by atoms with Crippen LogP contribution in [-0.4, -0.2) is 16.1 Å². The molecule has 3 nitrogen and oxygen atoms in total. The molecule has 1 aliphatic heterocycles. The Balaban J connectivity index is 2.01. The van der Waals surface area contributed by atoms with Crippen molar-refractivity contribution in [3.05, 3.63) is 17.2 Å². The van der Waals surface area contributed by atoms with Gasteiger partial charge in [0, 0.05) is 37.7 Å². The Morgan fingerprint density at radius 3 is 2.48 bits per heavy atom. The summed E-state index contributed by atoms with van der Waals surface area (Å²) in [6.45, 7) is 14.1. The molecular weight excluding hydrogens is 258 g/mol. The van der Waals surface area contributed by atoms with Gasteiger partial charge in [0.2, 0.25) is 0 Å². The average Bonchev–Trinajstić information content (AvgIpc) is 2.73. The summed E-state index contributed by atoms with van der Waals surface area (Å²) in [7, 11) is 0. The zero-order valence-corrected chi connectivity index (χ0v) is 14.4. The molecule has 0 radical (unpaired) electrons. The second-order valence-corrected chi connectivity index (χ2v) is 8.64. The normalized spacial score (nSPS) is 24.8. The largest absolute Gasteiger partial charge is 0.329 e. The van der Waals surface area contributed by atoms with Crippen LogP contribution in [0.3, 0.4) is 0 Å². The van der Waals surface area contributed by atoms with Crippen LogP contribution in [0.5, 0.6) is 0 Å². The predicted octanol–water partition coefficient (Wildman–Crippen LogP) is 3.87. The molecule has 1 N–H and O–H groups in total. The zero-order valence-electron chi connectivity index (χ0n) is 14.4. The highest BCUT2D eigenvalue weighted by atomic mass is 15.1. The van der Waals surface area contributed by atoms with Gasteiger partial charge in [-0.25, -0.2) is 4.98 Å². The zero-order chi connectivity index (χ0) is 15.3. The molecule has 1 saturated carbocycles. The van der Waals surface area contributed by atoms with Gasteiger partial charge < -0.3 is 9.88 Å². The molecule has 3 heteroatoms. The lowest BCUT2D eigenvalue weighted by Crippen LogP contribution is -2.36. The van der Waals surface area contributed by atoms with E-state index in [9.17, 15) is 0 Å². The van der Waals surface area contributed by atoms with E-state index in [1.807, 2.05) is 0 Å². The van der Waals surface area contributed by atoms with E-state index in [-0.39, 0.29) is 0 Å². The first-order valence-corrected chi connectivity index (χ1v) is 8.61. The second kappa shape index (κ2) is 5.12. The Morgan fingerprint density at radius 1 is 1.19 bits per heavy atom. The molecular formula is C18H31N3. The van der Waals surface area contributed by atoms with E-state index in [0.717, 1.165) is 25.9 Å². The van der Waals surface area contributed by atoms with Gasteiger partial charge in [-0.2, -0.15) is 0 Å². The van der Waals surface area contributed by atoms with Crippen molar-refractivity contribution >= 4 is 0 Å². The van der Waals surface area contributed by atoms with Crippen LogP contribution >= 0.6 is 0 Å². The van der Waals surface area contributed by atoms with Gasteiger partial charge in [0.05, 0.1) is 5.69 Å². The fraction of sp³-hybridized carbons (Fsp3) is 0.833. The smallest absolute Gasteiger partial charge is 0.109 e. The van der Waals surface area contributed by atoms with Crippen LogP contribution in [0.4, 0.5) is 0 Å². The Morgan fingerprint density at radius 2 is 1.86 bits per heavy atom. The maximum atomic E-state index is 4.94. The van der Waals surface area contributed by atoms with Crippen LogP contribution in [0.1, 0.15) is 77.1 Å². The molecule has 1 aliphatic carbocycles. The Kier molecular flexibility index (Phi) is 3.67. The van der Waals surface area contributed by atoms with Crippen LogP contribution in [0.15, 0.2) is 0 Å². The van der Waals surface area contributed by atoms with Gasteiger partial charge >= 0.3 is 0 Å². The lowest BCUT2D eigenvalue weighted by atomic mass is 9.63. The van der Waals surface area contributed by atoms with Crippen molar-refractivity contribution < 1.29 is 0 Å². The van der Waals surface area contributed by atoms with Crippen molar-refractivity contribution in [1.82, 2.24) is 14.9 Å². The molecule has 118 valence electrons. The van der Waals surface area contributed by atoms with E-state index in [1.165, 1.54) is 36.5 Å². The maximum absolute atomic E-state index is 4.94. The average molecular weight is 289 g/mol. The molecule has 3 rings (SSSR count). The number of hydrogen-bond donors (Lipinski definition) is 1. The molecule has 0 spiro atoms. The monoisotopic (exact) mass is 289 g/mol.